The van der Waals surface area contributed by atoms with E-state index in [0.717, 1.165) is 16.7 Å². The van der Waals surface area contributed by atoms with Crippen molar-refractivity contribution in [1.82, 2.24) is 5.32 Å². The van der Waals surface area contributed by atoms with Gasteiger partial charge in [0.1, 0.15) is 11.6 Å². The quantitative estimate of drug-likeness (QED) is 0.887. The lowest BCUT2D eigenvalue weighted by molar-refractivity contribution is 0.182. The maximum Gasteiger partial charge on any atom is 0.405 e. The first kappa shape index (κ1) is 13.4. The Morgan fingerprint density at radius 3 is 2.62 bits per heavy atom. The number of rotatable bonds is 2. The molecule has 0 fully saturated rings. The molecule has 0 radical (unpaired) electrons. The molecule has 0 aromatic heterocycles. The van der Waals surface area contributed by atoms with E-state index in [4.69, 9.17) is 9.84 Å². The normalized spacial score (nSPS) is 16.7. The highest BCUT2D eigenvalue weighted by molar-refractivity contribution is 5.68. The van der Waals surface area contributed by atoms with Crippen LogP contribution >= 0.6 is 0 Å². The third-order valence-electron chi connectivity index (χ3n) is 3.53. The number of hydrogen-bond acceptors (Lipinski definition) is 2. The molecule has 0 spiro atoms. The van der Waals surface area contributed by atoms with Gasteiger partial charge in [-0.3, -0.25) is 0 Å². The Hall–Kier alpha value is -2.56. The molecule has 4 nitrogen and oxygen atoms in total. The molecule has 21 heavy (non-hydrogen) atoms. The largest absolute Gasteiger partial charge is 0.493 e. The minimum Gasteiger partial charge on any atom is -0.493 e. The molecule has 0 aliphatic carbocycles. The standard InChI is InChI=1S/C16H14FNO3/c17-12-4-1-10(2-5-12)11-3-6-13-14(18-16(19)20)7-8-21-15(13)9-11/h1-6,9,14,18H,7-8H2,(H,19,20). The zero-order valence-electron chi connectivity index (χ0n) is 11.2. The van der Waals surface area contributed by atoms with Crippen molar-refractivity contribution in [3.05, 3.63) is 53.8 Å². The maximum atomic E-state index is 13.0. The summed E-state index contributed by atoms with van der Waals surface area (Å²) in [4.78, 5) is 10.8. The van der Waals surface area contributed by atoms with Crippen molar-refractivity contribution in [2.75, 3.05) is 6.61 Å². The summed E-state index contributed by atoms with van der Waals surface area (Å²) in [7, 11) is 0. The third kappa shape index (κ3) is 2.81. The minimum atomic E-state index is -1.05. The van der Waals surface area contributed by atoms with Gasteiger partial charge in [0.05, 0.1) is 12.6 Å². The van der Waals surface area contributed by atoms with E-state index in [1.807, 2.05) is 18.2 Å². The Bertz CT molecular complexity index is 670. The summed E-state index contributed by atoms with van der Waals surface area (Å²) in [6.07, 6.45) is -0.440. The topological polar surface area (TPSA) is 58.6 Å². The number of benzene rings is 2. The number of carboxylic acid groups (broad SMARTS) is 1. The van der Waals surface area contributed by atoms with E-state index in [-0.39, 0.29) is 11.9 Å². The summed E-state index contributed by atoms with van der Waals surface area (Å²) >= 11 is 0. The maximum absolute atomic E-state index is 13.0. The summed E-state index contributed by atoms with van der Waals surface area (Å²) < 4.78 is 18.6. The van der Waals surface area contributed by atoms with Crippen molar-refractivity contribution in [2.24, 2.45) is 0 Å². The monoisotopic (exact) mass is 287 g/mol. The molecule has 1 atom stereocenters. The van der Waals surface area contributed by atoms with Crippen LogP contribution in [0.1, 0.15) is 18.0 Å². The van der Waals surface area contributed by atoms with Crippen LogP contribution in [-0.4, -0.2) is 17.8 Å². The van der Waals surface area contributed by atoms with Gasteiger partial charge in [-0.05, 0) is 29.3 Å². The van der Waals surface area contributed by atoms with Gasteiger partial charge in [0.2, 0.25) is 0 Å². The Balaban J connectivity index is 1.94. The highest BCUT2D eigenvalue weighted by atomic mass is 19.1. The first-order valence-electron chi connectivity index (χ1n) is 6.65. The average Bonchev–Trinajstić information content (AvgIpc) is 2.47. The van der Waals surface area contributed by atoms with Crippen molar-refractivity contribution in [1.29, 1.82) is 0 Å². The van der Waals surface area contributed by atoms with Crippen LogP contribution in [0.15, 0.2) is 42.5 Å². The summed E-state index contributed by atoms with van der Waals surface area (Å²) in [5, 5.41) is 11.4. The molecule has 108 valence electrons. The van der Waals surface area contributed by atoms with Crippen LogP contribution in [-0.2, 0) is 0 Å². The van der Waals surface area contributed by atoms with E-state index >= 15 is 0 Å². The van der Waals surface area contributed by atoms with Crippen molar-refractivity contribution in [3.8, 4) is 16.9 Å². The molecule has 1 heterocycles. The highest BCUT2D eigenvalue weighted by Crippen LogP contribution is 2.35. The van der Waals surface area contributed by atoms with Crippen LogP contribution in [0, 0.1) is 5.82 Å². The van der Waals surface area contributed by atoms with Crippen molar-refractivity contribution >= 4 is 6.09 Å². The molecule has 3 rings (SSSR count). The zero-order chi connectivity index (χ0) is 14.8. The Morgan fingerprint density at radius 2 is 1.90 bits per heavy atom. The fourth-order valence-corrected chi connectivity index (χ4v) is 2.51. The molecule has 1 aliphatic heterocycles. The van der Waals surface area contributed by atoms with Gasteiger partial charge in [0.25, 0.3) is 0 Å². The molecular formula is C16H14FNO3. The molecule has 0 bridgehead atoms. The average molecular weight is 287 g/mol. The second-order valence-electron chi connectivity index (χ2n) is 4.90. The van der Waals surface area contributed by atoms with Gasteiger partial charge in [-0.15, -0.1) is 0 Å². The van der Waals surface area contributed by atoms with Crippen LogP contribution < -0.4 is 10.1 Å². The Morgan fingerprint density at radius 1 is 1.19 bits per heavy atom. The molecule has 0 saturated heterocycles. The number of fused-ring (bicyclic) bond motifs is 1. The molecule has 2 aromatic carbocycles. The Labute approximate surface area is 121 Å². The van der Waals surface area contributed by atoms with Gasteiger partial charge >= 0.3 is 6.09 Å². The summed E-state index contributed by atoms with van der Waals surface area (Å²) in [6, 6.07) is 11.6. The number of hydrogen-bond donors (Lipinski definition) is 2. The molecule has 1 aliphatic rings. The predicted molar refractivity (Wildman–Crippen MR) is 75.8 cm³/mol. The summed E-state index contributed by atoms with van der Waals surface area (Å²) in [5.41, 5.74) is 2.62. The third-order valence-corrected chi connectivity index (χ3v) is 3.53. The molecule has 2 N–H and O–H groups in total. The van der Waals surface area contributed by atoms with Crippen LogP contribution in [0.3, 0.4) is 0 Å². The SMILES string of the molecule is O=C(O)NC1CCOc2cc(-c3ccc(F)cc3)ccc21. The molecule has 0 saturated carbocycles. The van der Waals surface area contributed by atoms with Crippen LogP contribution in [0.4, 0.5) is 9.18 Å². The Kier molecular flexibility index (Phi) is 3.48. The number of ether oxygens (including phenoxy) is 1. The van der Waals surface area contributed by atoms with Crippen molar-refractivity contribution in [3.63, 3.8) is 0 Å². The van der Waals surface area contributed by atoms with Gasteiger partial charge in [0, 0.05) is 12.0 Å². The lowest BCUT2D eigenvalue weighted by Crippen LogP contribution is -2.30. The van der Waals surface area contributed by atoms with Crippen LogP contribution in [0.5, 0.6) is 5.75 Å². The van der Waals surface area contributed by atoms with E-state index in [2.05, 4.69) is 5.32 Å². The van der Waals surface area contributed by atoms with E-state index in [9.17, 15) is 9.18 Å². The van der Waals surface area contributed by atoms with Gasteiger partial charge < -0.3 is 15.2 Å². The second-order valence-corrected chi connectivity index (χ2v) is 4.90. The van der Waals surface area contributed by atoms with E-state index in [1.54, 1.807) is 12.1 Å². The zero-order valence-corrected chi connectivity index (χ0v) is 11.2. The van der Waals surface area contributed by atoms with Gasteiger partial charge in [0.15, 0.2) is 0 Å². The first-order chi connectivity index (χ1) is 10.1. The summed E-state index contributed by atoms with van der Waals surface area (Å²) in [6.45, 7) is 0.463. The van der Waals surface area contributed by atoms with Gasteiger partial charge in [-0.2, -0.15) is 0 Å². The van der Waals surface area contributed by atoms with Crippen LogP contribution in [0.2, 0.25) is 0 Å². The number of amides is 1. The van der Waals surface area contributed by atoms with E-state index < -0.39 is 6.09 Å². The molecule has 1 amide bonds. The lowest BCUT2D eigenvalue weighted by atomic mass is 9.96. The highest BCUT2D eigenvalue weighted by Gasteiger charge is 2.23. The fraction of sp³-hybridized carbons (Fsp3) is 0.188. The molecular weight excluding hydrogens is 273 g/mol. The van der Waals surface area contributed by atoms with Gasteiger partial charge in [-0.1, -0.05) is 24.3 Å². The number of carbonyl (C=O) groups is 1. The smallest absolute Gasteiger partial charge is 0.405 e. The summed E-state index contributed by atoms with van der Waals surface area (Å²) in [5.74, 6) is 0.389. The van der Waals surface area contributed by atoms with Crippen molar-refractivity contribution < 1.29 is 19.0 Å². The molecule has 2 aromatic rings. The lowest BCUT2D eigenvalue weighted by Gasteiger charge is -2.26. The minimum absolute atomic E-state index is 0.256. The van der Waals surface area contributed by atoms with Crippen LogP contribution in [0.25, 0.3) is 11.1 Å². The predicted octanol–water partition coefficient (Wildman–Crippen LogP) is 3.58. The second kappa shape index (κ2) is 5.44. The number of nitrogens with one attached hydrogen (secondary N) is 1. The van der Waals surface area contributed by atoms with E-state index in [1.165, 1.54) is 12.1 Å². The van der Waals surface area contributed by atoms with Crippen molar-refractivity contribution in [2.45, 2.75) is 12.5 Å². The van der Waals surface area contributed by atoms with E-state index in [0.29, 0.717) is 18.8 Å². The van der Waals surface area contributed by atoms with Gasteiger partial charge in [-0.25, -0.2) is 9.18 Å². The fourth-order valence-electron chi connectivity index (χ4n) is 2.51. The number of halogens is 1. The molecule has 1 unspecified atom stereocenters. The first-order valence-corrected chi connectivity index (χ1v) is 6.65. The molecule has 5 heteroatoms.